The molecule has 1 aromatic carbocycles. The first-order valence-corrected chi connectivity index (χ1v) is 6.61. The zero-order chi connectivity index (χ0) is 12.7. The van der Waals surface area contributed by atoms with Crippen LogP contribution in [0.15, 0.2) is 22.7 Å². The van der Waals surface area contributed by atoms with Crippen molar-refractivity contribution in [3.05, 3.63) is 28.2 Å². The van der Waals surface area contributed by atoms with Gasteiger partial charge in [0.1, 0.15) is 12.4 Å². The number of halogens is 1. The van der Waals surface area contributed by atoms with Crippen molar-refractivity contribution in [2.75, 3.05) is 19.8 Å². The Bertz CT molecular complexity index is 342. The number of benzene rings is 1. The van der Waals surface area contributed by atoms with Crippen LogP contribution in [0, 0.1) is 5.92 Å². The second-order valence-corrected chi connectivity index (χ2v) is 5.19. The van der Waals surface area contributed by atoms with Gasteiger partial charge in [-0.1, -0.05) is 35.8 Å². The topological polar surface area (TPSA) is 44.5 Å². The zero-order valence-corrected chi connectivity index (χ0v) is 12.0. The van der Waals surface area contributed by atoms with Crippen molar-refractivity contribution in [2.24, 2.45) is 11.7 Å². The molecule has 0 unspecified atom stereocenters. The molecule has 0 spiro atoms. The van der Waals surface area contributed by atoms with Gasteiger partial charge in [0.05, 0.1) is 6.61 Å². The minimum atomic E-state index is 0.482. The summed E-state index contributed by atoms with van der Waals surface area (Å²) in [5.41, 5.74) is 6.66. The maximum absolute atomic E-state index is 5.66. The molecule has 3 nitrogen and oxygen atoms in total. The second kappa shape index (κ2) is 7.69. The quantitative estimate of drug-likeness (QED) is 0.788. The van der Waals surface area contributed by atoms with E-state index in [0.29, 0.717) is 25.7 Å². The van der Waals surface area contributed by atoms with E-state index in [0.717, 1.165) is 22.4 Å². The third-order valence-electron chi connectivity index (χ3n) is 2.19. The maximum atomic E-state index is 5.66. The highest BCUT2D eigenvalue weighted by atomic mass is 79.9. The summed E-state index contributed by atoms with van der Waals surface area (Å²) in [7, 11) is 0. The molecule has 0 aliphatic rings. The first kappa shape index (κ1) is 14.5. The first-order chi connectivity index (χ1) is 8.13. The van der Waals surface area contributed by atoms with Crippen molar-refractivity contribution in [3.63, 3.8) is 0 Å². The minimum Gasteiger partial charge on any atom is -0.491 e. The summed E-state index contributed by atoms with van der Waals surface area (Å²) in [4.78, 5) is 0. The maximum Gasteiger partial charge on any atom is 0.125 e. The fourth-order valence-corrected chi connectivity index (χ4v) is 1.70. The highest BCUT2D eigenvalue weighted by Crippen LogP contribution is 2.23. The Morgan fingerprint density at radius 1 is 1.29 bits per heavy atom. The van der Waals surface area contributed by atoms with E-state index in [1.165, 1.54) is 0 Å². The SMILES string of the molecule is CC(C)COCCOc1cc(Br)ccc1CN. The van der Waals surface area contributed by atoms with Crippen LogP contribution in [0.5, 0.6) is 5.75 Å². The number of hydrogen-bond donors (Lipinski definition) is 1. The van der Waals surface area contributed by atoms with Crippen molar-refractivity contribution in [3.8, 4) is 5.75 Å². The van der Waals surface area contributed by atoms with Gasteiger partial charge in [-0.05, 0) is 18.1 Å². The van der Waals surface area contributed by atoms with Crippen molar-refractivity contribution in [1.82, 2.24) is 0 Å². The second-order valence-electron chi connectivity index (χ2n) is 4.27. The zero-order valence-electron chi connectivity index (χ0n) is 10.4. The predicted molar refractivity (Wildman–Crippen MR) is 73.2 cm³/mol. The van der Waals surface area contributed by atoms with Gasteiger partial charge in [-0.15, -0.1) is 0 Å². The van der Waals surface area contributed by atoms with Crippen LogP contribution in [-0.4, -0.2) is 19.8 Å². The average Bonchev–Trinajstić information content (AvgIpc) is 2.28. The molecular weight excluding hydrogens is 282 g/mol. The summed E-state index contributed by atoms with van der Waals surface area (Å²) >= 11 is 3.42. The molecule has 0 saturated heterocycles. The fraction of sp³-hybridized carbons (Fsp3) is 0.538. The highest BCUT2D eigenvalue weighted by Gasteiger charge is 2.03. The molecule has 0 saturated carbocycles. The molecule has 0 amide bonds. The molecule has 0 fully saturated rings. The van der Waals surface area contributed by atoms with E-state index < -0.39 is 0 Å². The van der Waals surface area contributed by atoms with Crippen LogP contribution in [0.2, 0.25) is 0 Å². The Balaban J connectivity index is 2.37. The van der Waals surface area contributed by atoms with Gasteiger partial charge in [0.25, 0.3) is 0 Å². The van der Waals surface area contributed by atoms with Gasteiger partial charge in [-0.25, -0.2) is 0 Å². The molecule has 0 heterocycles. The lowest BCUT2D eigenvalue weighted by Crippen LogP contribution is -2.11. The van der Waals surface area contributed by atoms with Gasteiger partial charge in [-0.3, -0.25) is 0 Å². The minimum absolute atomic E-state index is 0.482. The summed E-state index contributed by atoms with van der Waals surface area (Å²) in [5, 5.41) is 0. The number of ether oxygens (including phenoxy) is 2. The molecular formula is C13H20BrNO2. The van der Waals surface area contributed by atoms with Gasteiger partial charge in [0.15, 0.2) is 0 Å². The number of rotatable bonds is 7. The third kappa shape index (κ3) is 5.52. The Hall–Kier alpha value is -0.580. The van der Waals surface area contributed by atoms with E-state index >= 15 is 0 Å². The Kier molecular flexibility index (Phi) is 6.55. The van der Waals surface area contributed by atoms with Crippen molar-refractivity contribution < 1.29 is 9.47 Å². The summed E-state index contributed by atoms with van der Waals surface area (Å²) in [5.74, 6) is 1.38. The lowest BCUT2D eigenvalue weighted by atomic mass is 10.2. The summed E-state index contributed by atoms with van der Waals surface area (Å²) in [6, 6.07) is 5.86. The normalized spacial score (nSPS) is 10.9. The van der Waals surface area contributed by atoms with E-state index in [-0.39, 0.29) is 0 Å². The molecule has 0 atom stereocenters. The monoisotopic (exact) mass is 301 g/mol. The van der Waals surface area contributed by atoms with Crippen LogP contribution in [-0.2, 0) is 11.3 Å². The molecule has 0 aliphatic heterocycles. The highest BCUT2D eigenvalue weighted by molar-refractivity contribution is 9.10. The van der Waals surface area contributed by atoms with Crippen LogP contribution in [0.4, 0.5) is 0 Å². The van der Waals surface area contributed by atoms with E-state index in [4.69, 9.17) is 15.2 Å². The Labute approximate surface area is 111 Å². The molecule has 2 N–H and O–H groups in total. The summed E-state index contributed by atoms with van der Waals surface area (Å²) in [6.07, 6.45) is 0. The van der Waals surface area contributed by atoms with Crippen LogP contribution >= 0.6 is 15.9 Å². The number of nitrogens with two attached hydrogens (primary N) is 1. The predicted octanol–water partition coefficient (Wildman–Crippen LogP) is 2.96. The third-order valence-corrected chi connectivity index (χ3v) is 2.68. The fourth-order valence-electron chi connectivity index (χ4n) is 1.36. The Morgan fingerprint density at radius 3 is 2.71 bits per heavy atom. The number of hydrogen-bond acceptors (Lipinski definition) is 3. The smallest absolute Gasteiger partial charge is 0.125 e. The molecule has 1 aromatic rings. The van der Waals surface area contributed by atoms with E-state index in [9.17, 15) is 0 Å². The van der Waals surface area contributed by atoms with E-state index in [1.807, 2.05) is 18.2 Å². The van der Waals surface area contributed by atoms with Gasteiger partial charge < -0.3 is 15.2 Å². The molecule has 17 heavy (non-hydrogen) atoms. The van der Waals surface area contributed by atoms with Crippen LogP contribution in [0.25, 0.3) is 0 Å². The molecule has 0 radical (unpaired) electrons. The van der Waals surface area contributed by atoms with Crippen molar-refractivity contribution >= 4 is 15.9 Å². The standard InChI is InChI=1S/C13H20BrNO2/c1-10(2)9-16-5-6-17-13-7-12(14)4-3-11(13)8-15/h3-4,7,10H,5-6,8-9,15H2,1-2H3. The summed E-state index contributed by atoms with van der Waals surface area (Å²) < 4.78 is 12.1. The van der Waals surface area contributed by atoms with Gasteiger partial charge >= 0.3 is 0 Å². The molecule has 0 aromatic heterocycles. The van der Waals surface area contributed by atoms with Gasteiger partial charge in [-0.2, -0.15) is 0 Å². The van der Waals surface area contributed by atoms with Crippen LogP contribution in [0.3, 0.4) is 0 Å². The molecule has 0 bridgehead atoms. The molecule has 96 valence electrons. The lowest BCUT2D eigenvalue weighted by Gasteiger charge is -2.11. The Morgan fingerprint density at radius 2 is 2.06 bits per heavy atom. The van der Waals surface area contributed by atoms with Gasteiger partial charge in [0.2, 0.25) is 0 Å². The largest absolute Gasteiger partial charge is 0.491 e. The summed E-state index contributed by atoms with van der Waals surface area (Å²) in [6.45, 7) is 6.66. The van der Waals surface area contributed by atoms with Crippen LogP contribution < -0.4 is 10.5 Å². The average molecular weight is 302 g/mol. The molecule has 4 heteroatoms. The van der Waals surface area contributed by atoms with E-state index in [1.54, 1.807) is 0 Å². The van der Waals surface area contributed by atoms with Crippen molar-refractivity contribution in [2.45, 2.75) is 20.4 Å². The van der Waals surface area contributed by atoms with Crippen molar-refractivity contribution in [1.29, 1.82) is 0 Å². The lowest BCUT2D eigenvalue weighted by molar-refractivity contribution is 0.0816. The van der Waals surface area contributed by atoms with Gasteiger partial charge in [0, 0.05) is 23.2 Å². The van der Waals surface area contributed by atoms with E-state index in [2.05, 4.69) is 29.8 Å². The molecule has 0 aliphatic carbocycles. The first-order valence-electron chi connectivity index (χ1n) is 5.82. The van der Waals surface area contributed by atoms with Crippen LogP contribution in [0.1, 0.15) is 19.4 Å². The molecule has 1 rings (SSSR count).